The molecule has 8 heteroatoms. The van der Waals surface area contributed by atoms with Gasteiger partial charge in [0, 0.05) is 17.2 Å². The van der Waals surface area contributed by atoms with E-state index in [0.29, 0.717) is 5.13 Å². The Bertz CT molecular complexity index is 1050. The number of hydrogen-bond donors (Lipinski definition) is 3. The topological polar surface area (TPSA) is 94.1 Å². The standard InChI is InChI=1S/C16H14N4O2S2/c1-8-3-4-10(5-9(8)2)12-7-24-16(18-12)17-6-11-13(21)19-15(23)20-14(11)22/h3-7H,1-2H3,(H3,19,20,21,22,23). The highest BCUT2D eigenvalue weighted by Gasteiger charge is 2.07. The van der Waals surface area contributed by atoms with Crippen LogP contribution in [0.3, 0.4) is 0 Å². The monoisotopic (exact) mass is 358 g/mol. The molecular formula is C16H14N4O2S2. The third kappa shape index (κ3) is 3.34. The second-order valence-electron chi connectivity index (χ2n) is 5.24. The summed E-state index contributed by atoms with van der Waals surface area (Å²) in [6, 6.07) is 6.14. The van der Waals surface area contributed by atoms with Crippen LogP contribution in [0.1, 0.15) is 16.7 Å². The first kappa shape index (κ1) is 16.3. The van der Waals surface area contributed by atoms with Gasteiger partial charge in [0.25, 0.3) is 5.56 Å². The van der Waals surface area contributed by atoms with Crippen molar-refractivity contribution in [3.8, 4) is 17.1 Å². The molecular weight excluding hydrogens is 344 g/mol. The molecule has 3 rings (SSSR count). The van der Waals surface area contributed by atoms with Crippen LogP contribution in [0.15, 0.2) is 33.4 Å². The van der Waals surface area contributed by atoms with E-state index in [1.165, 1.54) is 28.7 Å². The lowest BCUT2D eigenvalue weighted by Gasteiger charge is -2.02. The molecule has 0 fully saturated rings. The van der Waals surface area contributed by atoms with Crippen LogP contribution in [0.25, 0.3) is 11.3 Å². The Hall–Kier alpha value is -2.58. The Labute approximate surface area is 146 Å². The van der Waals surface area contributed by atoms with E-state index in [0.717, 1.165) is 11.3 Å². The van der Waals surface area contributed by atoms with E-state index < -0.39 is 5.56 Å². The SMILES string of the molecule is Cc1ccc(-c2csc(N=Cc3c(O)[nH]c(=S)[nH]c3=O)n2)cc1C. The normalized spacial score (nSPS) is 11.2. The fourth-order valence-electron chi connectivity index (χ4n) is 2.08. The number of hydrogen-bond acceptors (Lipinski definition) is 6. The van der Waals surface area contributed by atoms with Gasteiger partial charge in [-0.2, -0.15) is 0 Å². The molecule has 0 unspecified atom stereocenters. The van der Waals surface area contributed by atoms with Crippen molar-refractivity contribution >= 4 is 34.9 Å². The van der Waals surface area contributed by atoms with Crippen molar-refractivity contribution in [3.05, 3.63) is 55.4 Å². The number of aliphatic imine (C=N–C) groups is 1. The number of nitrogens with zero attached hydrogens (tertiary/aromatic N) is 2. The molecule has 1 aromatic carbocycles. The minimum Gasteiger partial charge on any atom is -0.494 e. The minimum atomic E-state index is -0.508. The van der Waals surface area contributed by atoms with Gasteiger partial charge < -0.3 is 10.1 Å². The average molecular weight is 358 g/mol. The number of aromatic hydroxyl groups is 1. The van der Waals surface area contributed by atoms with Crippen molar-refractivity contribution < 1.29 is 5.11 Å². The predicted molar refractivity (Wildman–Crippen MR) is 98.2 cm³/mol. The van der Waals surface area contributed by atoms with E-state index in [2.05, 4.69) is 45.9 Å². The lowest BCUT2D eigenvalue weighted by Crippen LogP contribution is -2.13. The maximum absolute atomic E-state index is 11.8. The number of H-pyrrole nitrogens is 2. The molecule has 0 aliphatic carbocycles. The summed E-state index contributed by atoms with van der Waals surface area (Å²) in [6.07, 6.45) is 1.27. The summed E-state index contributed by atoms with van der Waals surface area (Å²) in [7, 11) is 0. The van der Waals surface area contributed by atoms with Gasteiger partial charge in [-0.1, -0.05) is 12.1 Å². The van der Waals surface area contributed by atoms with Crippen LogP contribution in [-0.2, 0) is 0 Å². The number of thiazole rings is 1. The summed E-state index contributed by atoms with van der Waals surface area (Å²) in [5.74, 6) is -0.321. The van der Waals surface area contributed by atoms with Crippen molar-refractivity contribution in [1.82, 2.24) is 15.0 Å². The van der Waals surface area contributed by atoms with Gasteiger partial charge in [-0.15, -0.1) is 11.3 Å². The van der Waals surface area contributed by atoms with E-state index in [-0.39, 0.29) is 16.2 Å². The number of benzene rings is 1. The molecule has 0 amide bonds. The number of rotatable bonds is 3. The highest BCUT2D eigenvalue weighted by atomic mass is 32.1. The van der Waals surface area contributed by atoms with Crippen molar-refractivity contribution in [3.63, 3.8) is 0 Å². The van der Waals surface area contributed by atoms with Gasteiger partial charge in [0.1, 0.15) is 5.56 Å². The van der Waals surface area contributed by atoms with Crippen LogP contribution in [0.5, 0.6) is 5.88 Å². The molecule has 2 aromatic heterocycles. The zero-order valence-electron chi connectivity index (χ0n) is 13.0. The molecule has 0 spiro atoms. The zero-order valence-corrected chi connectivity index (χ0v) is 14.6. The highest BCUT2D eigenvalue weighted by Crippen LogP contribution is 2.28. The molecule has 2 heterocycles. The van der Waals surface area contributed by atoms with Crippen LogP contribution in [0.2, 0.25) is 0 Å². The maximum Gasteiger partial charge on any atom is 0.264 e. The molecule has 24 heavy (non-hydrogen) atoms. The van der Waals surface area contributed by atoms with Crippen LogP contribution < -0.4 is 5.56 Å². The molecule has 0 bridgehead atoms. The number of nitrogens with one attached hydrogen (secondary N) is 2. The summed E-state index contributed by atoms with van der Waals surface area (Å²) in [5.41, 5.74) is 3.75. The highest BCUT2D eigenvalue weighted by molar-refractivity contribution is 7.71. The van der Waals surface area contributed by atoms with E-state index in [9.17, 15) is 9.90 Å². The second-order valence-corrected chi connectivity index (χ2v) is 6.49. The molecule has 0 atom stereocenters. The lowest BCUT2D eigenvalue weighted by atomic mass is 10.1. The first-order valence-electron chi connectivity index (χ1n) is 7.07. The Morgan fingerprint density at radius 3 is 2.79 bits per heavy atom. The van der Waals surface area contributed by atoms with E-state index in [1.54, 1.807) is 0 Å². The van der Waals surface area contributed by atoms with Crippen LogP contribution in [-0.4, -0.2) is 26.3 Å². The smallest absolute Gasteiger partial charge is 0.264 e. The predicted octanol–water partition coefficient (Wildman–Crippen LogP) is 3.63. The zero-order chi connectivity index (χ0) is 17.3. The molecule has 3 N–H and O–H groups in total. The minimum absolute atomic E-state index is 0.00605. The van der Waals surface area contributed by atoms with Crippen LogP contribution in [0.4, 0.5) is 5.13 Å². The third-order valence-corrected chi connectivity index (χ3v) is 4.51. The quantitative estimate of drug-likeness (QED) is 0.492. The van der Waals surface area contributed by atoms with Gasteiger partial charge in [0.05, 0.1) is 5.69 Å². The lowest BCUT2D eigenvalue weighted by molar-refractivity contribution is 0.449. The first-order chi connectivity index (χ1) is 11.4. The number of aryl methyl sites for hydroxylation is 2. The number of aromatic nitrogens is 3. The fourth-order valence-corrected chi connectivity index (χ4v) is 2.94. The summed E-state index contributed by atoms with van der Waals surface area (Å²) >= 11 is 6.13. The summed E-state index contributed by atoms with van der Waals surface area (Å²) < 4.78 is 0.0564. The Morgan fingerprint density at radius 2 is 2.08 bits per heavy atom. The van der Waals surface area contributed by atoms with Crippen LogP contribution in [0, 0.1) is 18.6 Å². The van der Waals surface area contributed by atoms with Crippen molar-refractivity contribution in [2.75, 3.05) is 0 Å². The summed E-state index contributed by atoms with van der Waals surface area (Å²) in [4.78, 5) is 25.2. The van der Waals surface area contributed by atoms with Gasteiger partial charge >= 0.3 is 0 Å². The number of aromatic amines is 2. The van der Waals surface area contributed by atoms with Gasteiger partial charge in [-0.05, 0) is 43.3 Å². The van der Waals surface area contributed by atoms with Gasteiger partial charge in [0.2, 0.25) is 11.0 Å². The molecule has 6 nitrogen and oxygen atoms in total. The maximum atomic E-state index is 11.8. The van der Waals surface area contributed by atoms with Crippen molar-refractivity contribution in [2.24, 2.45) is 4.99 Å². The fraction of sp³-hybridized carbons (Fsp3) is 0.125. The summed E-state index contributed by atoms with van der Waals surface area (Å²) in [6.45, 7) is 4.11. The van der Waals surface area contributed by atoms with Gasteiger partial charge in [-0.3, -0.25) is 9.78 Å². The van der Waals surface area contributed by atoms with E-state index >= 15 is 0 Å². The third-order valence-electron chi connectivity index (χ3n) is 3.56. The summed E-state index contributed by atoms with van der Waals surface area (Å²) in [5, 5.41) is 12.1. The molecule has 0 saturated carbocycles. The van der Waals surface area contributed by atoms with E-state index in [1.807, 2.05) is 11.4 Å². The van der Waals surface area contributed by atoms with Crippen molar-refractivity contribution in [1.29, 1.82) is 0 Å². The van der Waals surface area contributed by atoms with Gasteiger partial charge in [-0.25, -0.2) is 9.98 Å². The van der Waals surface area contributed by atoms with Gasteiger partial charge in [0.15, 0.2) is 4.77 Å². The Balaban J connectivity index is 1.90. The average Bonchev–Trinajstić information content (AvgIpc) is 2.98. The first-order valence-corrected chi connectivity index (χ1v) is 8.35. The largest absolute Gasteiger partial charge is 0.494 e. The Morgan fingerprint density at radius 1 is 1.29 bits per heavy atom. The van der Waals surface area contributed by atoms with Crippen molar-refractivity contribution in [2.45, 2.75) is 13.8 Å². The van der Waals surface area contributed by atoms with Crippen LogP contribution >= 0.6 is 23.6 Å². The molecule has 0 radical (unpaired) electrons. The molecule has 3 aromatic rings. The second kappa shape index (κ2) is 6.50. The van der Waals surface area contributed by atoms with E-state index in [4.69, 9.17) is 12.2 Å². The molecule has 0 aliphatic heterocycles. The molecule has 0 saturated heterocycles. The molecule has 122 valence electrons. The molecule has 0 aliphatic rings. The Kier molecular flexibility index (Phi) is 4.41.